The molecule has 4 fully saturated rings. The number of hydrogen-bond acceptors (Lipinski definition) is 4. The number of ether oxygens (including phenoxy) is 2. The third kappa shape index (κ3) is 2.04. The van der Waals surface area contributed by atoms with Crippen LogP contribution in [0.25, 0.3) is 0 Å². The molecule has 9 unspecified atom stereocenters. The predicted molar refractivity (Wildman–Crippen MR) is 83.8 cm³/mol. The van der Waals surface area contributed by atoms with Crippen LogP contribution in [0.15, 0.2) is 12.2 Å². The molecule has 0 aromatic carbocycles. The molecule has 4 bridgehead atoms. The zero-order valence-electron chi connectivity index (χ0n) is 15.1. The van der Waals surface area contributed by atoms with Crippen LogP contribution in [0.3, 0.4) is 0 Å². The van der Waals surface area contributed by atoms with Gasteiger partial charge in [-0.25, -0.2) is 0 Å². The van der Waals surface area contributed by atoms with Gasteiger partial charge in [0, 0.05) is 0 Å². The average molecular weight is 408 g/mol. The normalized spacial score (nSPS) is 53.0. The molecule has 9 heteroatoms. The van der Waals surface area contributed by atoms with Crippen LogP contribution in [0.5, 0.6) is 0 Å². The van der Waals surface area contributed by atoms with Crippen LogP contribution in [0.1, 0.15) is 26.2 Å². The van der Waals surface area contributed by atoms with Gasteiger partial charge in [-0.15, -0.1) is 0 Å². The van der Waals surface area contributed by atoms with Gasteiger partial charge >= 0.3 is 23.9 Å². The maximum atomic E-state index is 14.5. The number of rotatable bonds is 2. The van der Waals surface area contributed by atoms with Crippen LogP contribution in [-0.4, -0.2) is 41.2 Å². The van der Waals surface area contributed by atoms with Gasteiger partial charge in [0.2, 0.25) is 5.60 Å². The van der Waals surface area contributed by atoms with Crippen molar-refractivity contribution in [2.75, 3.05) is 6.61 Å². The van der Waals surface area contributed by atoms with Crippen LogP contribution in [0.2, 0.25) is 0 Å². The molecular formula is C19H21F5O4. The van der Waals surface area contributed by atoms with Gasteiger partial charge in [0.15, 0.2) is 0 Å². The summed E-state index contributed by atoms with van der Waals surface area (Å²) in [5.74, 6) is -8.90. The Labute approximate surface area is 158 Å². The van der Waals surface area contributed by atoms with Crippen LogP contribution >= 0.6 is 0 Å². The molecule has 1 aliphatic heterocycles. The number of halogens is 5. The molecule has 1 heterocycles. The van der Waals surface area contributed by atoms with Crippen LogP contribution in [0.4, 0.5) is 22.0 Å². The topological polar surface area (TPSA) is 55.8 Å². The standard InChI is InChI=1S/C19H21F5O4/c1-16(7-27-18(26,17(16,20)21)19(22,23)24)28-15(25)12-6-10-5-11(12)14-9-3-2-8(4-9)13(10)14/h2-3,8-14,26H,4-7H2,1H3. The fraction of sp³-hybridized carbons (Fsp3) is 0.842. The monoisotopic (exact) mass is 408 g/mol. The van der Waals surface area contributed by atoms with Crippen molar-refractivity contribution in [3.8, 4) is 0 Å². The summed E-state index contributed by atoms with van der Waals surface area (Å²) < 4.78 is 77.0. The largest absolute Gasteiger partial charge is 0.450 e. The molecule has 0 radical (unpaired) electrons. The summed E-state index contributed by atoms with van der Waals surface area (Å²) in [6.45, 7) is -0.549. The highest BCUT2D eigenvalue weighted by molar-refractivity contribution is 5.74. The van der Waals surface area contributed by atoms with E-state index in [-0.39, 0.29) is 5.92 Å². The van der Waals surface area contributed by atoms with Crippen molar-refractivity contribution in [3.05, 3.63) is 12.2 Å². The number of fused-ring (bicyclic) bond motifs is 9. The summed E-state index contributed by atoms with van der Waals surface area (Å²) in [6.07, 6.45) is 1.09. The molecule has 0 spiro atoms. The SMILES string of the molecule is CC1(OC(=O)C2CC3CC2C2C4C=CC(C4)C32)COC(O)(C(F)(F)F)C1(F)F. The highest BCUT2D eigenvalue weighted by Gasteiger charge is 2.83. The van der Waals surface area contributed by atoms with Gasteiger partial charge in [0.05, 0.1) is 12.5 Å². The first-order valence-corrected chi connectivity index (χ1v) is 9.62. The summed E-state index contributed by atoms with van der Waals surface area (Å²) in [5, 5.41) is 9.47. The Kier molecular flexibility index (Phi) is 3.54. The Morgan fingerprint density at radius 2 is 1.79 bits per heavy atom. The van der Waals surface area contributed by atoms with Crippen LogP contribution in [0, 0.1) is 41.4 Å². The van der Waals surface area contributed by atoms with E-state index >= 15 is 0 Å². The molecule has 4 nitrogen and oxygen atoms in total. The fourth-order valence-corrected chi connectivity index (χ4v) is 6.72. The average Bonchev–Trinajstić information content (AvgIpc) is 3.37. The number of alkyl halides is 5. The van der Waals surface area contributed by atoms with Crippen LogP contribution in [-0.2, 0) is 14.3 Å². The highest BCUT2D eigenvalue weighted by atomic mass is 19.4. The molecular weight excluding hydrogens is 387 g/mol. The van der Waals surface area contributed by atoms with E-state index in [1.165, 1.54) is 0 Å². The van der Waals surface area contributed by atoms with E-state index in [9.17, 15) is 31.9 Å². The maximum absolute atomic E-state index is 14.5. The number of carbonyl (C=O) groups excluding carboxylic acids is 1. The van der Waals surface area contributed by atoms with E-state index in [0.717, 1.165) is 12.8 Å². The Hall–Kier alpha value is -1.22. The van der Waals surface area contributed by atoms with Gasteiger partial charge in [-0.2, -0.15) is 22.0 Å². The number of aliphatic hydroxyl groups is 1. The lowest BCUT2D eigenvalue weighted by Crippen LogP contribution is -2.63. The lowest BCUT2D eigenvalue weighted by molar-refractivity contribution is -0.409. The molecule has 28 heavy (non-hydrogen) atoms. The van der Waals surface area contributed by atoms with Crippen LogP contribution < -0.4 is 0 Å². The van der Waals surface area contributed by atoms with Gasteiger partial charge < -0.3 is 14.6 Å². The van der Waals surface area contributed by atoms with Crippen molar-refractivity contribution in [1.82, 2.24) is 0 Å². The van der Waals surface area contributed by atoms with Crippen molar-refractivity contribution in [2.45, 2.75) is 49.7 Å². The second-order valence-corrected chi connectivity index (χ2v) is 9.26. The van der Waals surface area contributed by atoms with E-state index in [2.05, 4.69) is 16.9 Å². The minimum Gasteiger partial charge on any atom is -0.450 e. The first-order chi connectivity index (χ1) is 12.9. The first kappa shape index (κ1) is 18.8. The molecule has 3 saturated carbocycles. The molecule has 5 rings (SSSR count). The van der Waals surface area contributed by atoms with Crippen molar-refractivity contribution in [3.63, 3.8) is 0 Å². The van der Waals surface area contributed by atoms with Gasteiger partial charge in [0.25, 0.3) is 0 Å². The third-order valence-electron chi connectivity index (χ3n) is 7.93. The van der Waals surface area contributed by atoms with Crippen molar-refractivity contribution < 1.29 is 41.3 Å². The van der Waals surface area contributed by atoms with Crippen molar-refractivity contribution >= 4 is 5.97 Å². The molecule has 0 aromatic heterocycles. The third-order valence-corrected chi connectivity index (χ3v) is 7.93. The van der Waals surface area contributed by atoms with E-state index in [1.54, 1.807) is 0 Å². The second-order valence-electron chi connectivity index (χ2n) is 9.26. The fourth-order valence-electron chi connectivity index (χ4n) is 6.72. The molecule has 4 aliphatic carbocycles. The zero-order chi connectivity index (χ0) is 20.3. The van der Waals surface area contributed by atoms with Gasteiger partial charge in [-0.05, 0) is 61.7 Å². The Morgan fingerprint density at radius 3 is 2.39 bits per heavy atom. The molecule has 9 atom stereocenters. The summed E-state index contributed by atoms with van der Waals surface area (Å²) in [7, 11) is 0. The summed E-state index contributed by atoms with van der Waals surface area (Å²) in [6, 6.07) is 0. The van der Waals surface area contributed by atoms with E-state index < -0.39 is 42.0 Å². The highest BCUT2D eigenvalue weighted by Crippen LogP contribution is 2.67. The molecule has 1 N–H and O–H groups in total. The van der Waals surface area contributed by atoms with Crippen molar-refractivity contribution in [2.24, 2.45) is 41.4 Å². The molecule has 0 amide bonds. The summed E-state index contributed by atoms with van der Waals surface area (Å²) in [4.78, 5) is 12.7. The molecule has 156 valence electrons. The van der Waals surface area contributed by atoms with Crippen molar-refractivity contribution in [1.29, 1.82) is 0 Å². The smallest absolute Gasteiger partial charge is 0.449 e. The molecule has 5 aliphatic rings. The first-order valence-electron chi connectivity index (χ1n) is 9.62. The number of carbonyl (C=O) groups is 1. The minimum atomic E-state index is -5.73. The van der Waals surface area contributed by atoms with E-state index in [4.69, 9.17) is 4.74 Å². The Morgan fingerprint density at radius 1 is 1.14 bits per heavy atom. The Bertz CT molecular complexity index is 751. The lowest BCUT2D eigenvalue weighted by Gasteiger charge is -2.38. The minimum absolute atomic E-state index is 0.0171. The Balaban J connectivity index is 1.35. The number of allylic oxidation sites excluding steroid dienone is 2. The molecule has 0 aromatic rings. The summed E-state index contributed by atoms with van der Waals surface area (Å²) >= 11 is 0. The zero-order valence-corrected chi connectivity index (χ0v) is 15.1. The van der Waals surface area contributed by atoms with Gasteiger partial charge in [-0.3, -0.25) is 4.79 Å². The number of hydrogen-bond donors (Lipinski definition) is 1. The maximum Gasteiger partial charge on any atom is 0.449 e. The summed E-state index contributed by atoms with van der Waals surface area (Å²) in [5.41, 5.74) is -2.88. The number of esters is 1. The molecule has 1 saturated heterocycles. The quantitative estimate of drug-likeness (QED) is 0.330. The van der Waals surface area contributed by atoms with E-state index in [1.807, 2.05) is 0 Å². The van der Waals surface area contributed by atoms with Gasteiger partial charge in [0.1, 0.15) is 0 Å². The van der Waals surface area contributed by atoms with Gasteiger partial charge in [-0.1, -0.05) is 12.2 Å². The van der Waals surface area contributed by atoms with E-state index in [0.29, 0.717) is 42.9 Å². The predicted octanol–water partition coefficient (Wildman–Crippen LogP) is 3.30. The second kappa shape index (κ2) is 5.28. The lowest BCUT2D eigenvalue weighted by atomic mass is 9.69.